The predicted molar refractivity (Wildman–Crippen MR) is 84.6 cm³/mol. The number of carbonyl (C=O) groups excluding carboxylic acids is 2. The summed E-state index contributed by atoms with van der Waals surface area (Å²) in [5, 5.41) is 0.471. The van der Waals surface area contributed by atoms with Crippen molar-refractivity contribution in [3.63, 3.8) is 0 Å². The van der Waals surface area contributed by atoms with Crippen LogP contribution >= 0.6 is 11.6 Å². The van der Waals surface area contributed by atoms with Crippen LogP contribution in [0.4, 0.5) is 5.69 Å². The summed E-state index contributed by atoms with van der Waals surface area (Å²) in [5.74, 6) is -0.512. The van der Waals surface area contributed by atoms with E-state index in [2.05, 4.69) is 4.74 Å². The van der Waals surface area contributed by atoms with Crippen molar-refractivity contribution < 1.29 is 14.3 Å². The normalized spacial score (nSPS) is 13.7. The van der Waals surface area contributed by atoms with E-state index in [4.69, 9.17) is 11.6 Å². The molecular formula is C17H14ClNO3. The van der Waals surface area contributed by atoms with Crippen molar-refractivity contribution in [3.05, 3.63) is 64.2 Å². The third-order valence-corrected chi connectivity index (χ3v) is 4.08. The molecule has 0 spiro atoms. The summed E-state index contributed by atoms with van der Waals surface area (Å²) in [7, 11) is 1.34. The molecule has 1 aliphatic rings. The topological polar surface area (TPSA) is 46.6 Å². The summed E-state index contributed by atoms with van der Waals surface area (Å²) < 4.78 is 4.67. The number of hydrogen-bond acceptors (Lipinski definition) is 3. The van der Waals surface area contributed by atoms with Crippen LogP contribution in [0.15, 0.2) is 42.5 Å². The van der Waals surface area contributed by atoms with Crippen molar-refractivity contribution >= 4 is 29.2 Å². The van der Waals surface area contributed by atoms with Crippen molar-refractivity contribution in [1.82, 2.24) is 0 Å². The first kappa shape index (κ1) is 14.6. The molecule has 22 heavy (non-hydrogen) atoms. The number of benzene rings is 2. The second-order valence-corrected chi connectivity index (χ2v) is 5.43. The molecule has 112 valence electrons. The van der Waals surface area contributed by atoms with Crippen molar-refractivity contribution in [2.75, 3.05) is 18.6 Å². The van der Waals surface area contributed by atoms with Gasteiger partial charge in [0, 0.05) is 12.2 Å². The molecule has 5 heteroatoms. The summed E-state index contributed by atoms with van der Waals surface area (Å²) in [6, 6.07) is 12.3. The van der Waals surface area contributed by atoms with Gasteiger partial charge in [-0.3, -0.25) is 4.79 Å². The minimum atomic E-state index is -0.398. The number of esters is 1. The van der Waals surface area contributed by atoms with Crippen LogP contribution < -0.4 is 4.90 Å². The van der Waals surface area contributed by atoms with Gasteiger partial charge in [-0.15, -0.1) is 0 Å². The average molecular weight is 316 g/mol. The Labute approximate surface area is 133 Å². The van der Waals surface area contributed by atoms with Gasteiger partial charge in [0.15, 0.2) is 0 Å². The second kappa shape index (κ2) is 5.81. The van der Waals surface area contributed by atoms with Gasteiger partial charge in [0.2, 0.25) is 0 Å². The smallest absolute Gasteiger partial charge is 0.337 e. The molecule has 0 radical (unpaired) electrons. The van der Waals surface area contributed by atoms with E-state index >= 15 is 0 Å². The van der Waals surface area contributed by atoms with Crippen LogP contribution in [0, 0.1) is 0 Å². The van der Waals surface area contributed by atoms with Crippen LogP contribution in [-0.4, -0.2) is 25.5 Å². The number of methoxy groups -OCH3 is 1. The van der Waals surface area contributed by atoms with E-state index in [-0.39, 0.29) is 5.91 Å². The maximum atomic E-state index is 12.7. The van der Waals surface area contributed by atoms with Gasteiger partial charge in [-0.05, 0) is 42.3 Å². The highest BCUT2D eigenvalue weighted by Gasteiger charge is 2.27. The van der Waals surface area contributed by atoms with Crippen LogP contribution in [0.25, 0.3) is 0 Å². The largest absolute Gasteiger partial charge is 0.465 e. The highest BCUT2D eigenvalue weighted by Crippen LogP contribution is 2.29. The molecule has 0 aromatic heterocycles. The zero-order valence-corrected chi connectivity index (χ0v) is 12.8. The number of fused-ring (bicyclic) bond motifs is 1. The first-order valence-electron chi connectivity index (χ1n) is 6.89. The third kappa shape index (κ3) is 2.46. The Morgan fingerprint density at radius 1 is 1.18 bits per heavy atom. The van der Waals surface area contributed by atoms with Crippen LogP contribution in [0.3, 0.4) is 0 Å². The van der Waals surface area contributed by atoms with E-state index in [1.807, 2.05) is 12.1 Å². The summed E-state index contributed by atoms with van der Waals surface area (Å²) in [4.78, 5) is 25.8. The zero-order chi connectivity index (χ0) is 15.7. The fourth-order valence-electron chi connectivity index (χ4n) is 2.63. The van der Waals surface area contributed by atoms with Crippen molar-refractivity contribution in [2.45, 2.75) is 6.42 Å². The van der Waals surface area contributed by atoms with E-state index in [1.165, 1.54) is 7.11 Å². The number of ether oxygens (including phenoxy) is 1. The summed E-state index contributed by atoms with van der Waals surface area (Å²) in [6.45, 7) is 0.587. The Kier molecular flexibility index (Phi) is 3.86. The van der Waals surface area contributed by atoms with Crippen molar-refractivity contribution in [2.24, 2.45) is 0 Å². The molecule has 0 saturated carbocycles. The molecule has 0 bridgehead atoms. The molecule has 2 aromatic rings. The van der Waals surface area contributed by atoms with Gasteiger partial charge in [0.25, 0.3) is 5.91 Å². The van der Waals surface area contributed by atoms with E-state index in [1.54, 1.807) is 35.2 Å². The first-order chi connectivity index (χ1) is 10.6. The van der Waals surface area contributed by atoms with Crippen LogP contribution in [-0.2, 0) is 11.2 Å². The van der Waals surface area contributed by atoms with E-state index in [9.17, 15) is 9.59 Å². The number of rotatable bonds is 2. The fourth-order valence-corrected chi connectivity index (χ4v) is 2.90. The first-order valence-corrected chi connectivity index (χ1v) is 7.27. The maximum Gasteiger partial charge on any atom is 0.337 e. The number of anilines is 1. The molecule has 0 saturated heterocycles. The standard InChI is InChI=1S/C17H14ClNO3/c1-22-17(21)12-5-7-13(8-6-12)19-10-9-11-3-2-4-14(18)15(11)16(19)20/h2-8H,9-10H2,1H3. The highest BCUT2D eigenvalue weighted by molar-refractivity contribution is 6.35. The molecule has 0 N–H and O–H groups in total. The number of nitrogens with zero attached hydrogens (tertiary/aromatic N) is 1. The molecular weight excluding hydrogens is 302 g/mol. The average Bonchev–Trinajstić information content (AvgIpc) is 2.55. The zero-order valence-electron chi connectivity index (χ0n) is 12.0. The predicted octanol–water partition coefficient (Wildman–Crippen LogP) is 3.33. The fraction of sp³-hybridized carbons (Fsp3) is 0.176. The van der Waals surface area contributed by atoms with E-state index in [0.29, 0.717) is 22.7 Å². The lowest BCUT2D eigenvalue weighted by atomic mass is 9.98. The molecule has 0 atom stereocenters. The second-order valence-electron chi connectivity index (χ2n) is 5.02. The molecule has 1 heterocycles. The highest BCUT2D eigenvalue weighted by atomic mass is 35.5. The summed E-state index contributed by atoms with van der Waals surface area (Å²) in [5.41, 5.74) is 2.73. The quantitative estimate of drug-likeness (QED) is 0.799. The van der Waals surface area contributed by atoms with E-state index < -0.39 is 5.97 Å². The third-order valence-electron chi connectivity index (χ3n) is 3.76. The van der Waals surface area contributed by atoms with Gasteiger partial charge >= 0.3 is 5.97 Å². The lowest BCUT2D eigenvalue weighted by molar-refractivity contribution is 0.0600. The lowest BCUT2D eigenvalue weighted by Gasteiger charge is -2.29. The van der Waals surface area contributed by atoms with Gasteiger partial charge in [-0.25, -0.2) is 4.79 Å². The van der Waals surface area contributed by atoms with Gasteiger partial charge in [0.05, 0.1) is 23.3 Å². The monoisotopic (exact) mass is 315 g/mol. The van der Waals surface area contributed by atoms with Crippen LogP contribution in [0.5, 0.6) is 0 Å². The minimum Gasteiger partial charge on any atom is -0.465 e. The molecule has 0 unspecified atom stereocenters. The summed E-state index contributed by atoms with van der Waals surface area (Å²) >= 11 is 6.17. The van der Waals surface area contributed by atoms with Gasteiger partial charge in [-0.2, -0.15) is 0 Å². The van der Waals surface area contributed by atoms with Gasteiger partial charge in [-0.1, -0.05) is 23.7 Å². The number of halogens is 1. The van der Waals surface area contributed by atoms with Crippen LogP contribution in [0.2, 0.25) is 5.02 Å². The minimum absolute atomic E-state index is 0.113. The van der Waals surface area contributed by atoms with Crippen molar-refractivity contribution in [1.29, 1.82) is 0 Å². The molecule has 1 aliphatic heterocycles. The van der Waals surface area contributed by atoms with E-state index in [0.717, 1.165) is 17.7 Å². The molecule has 0 fully saturated rings. The molecule has 1 amide bonds. The van der Waals surface area contributed by atoms with Gasteiger partial charge in [0.1, 0.15) is 0 Å². The number of hydrogen-bond donors (Lipinski definition) is 0. The molecule has 0 aliphatic carbocycles. The molecule has 2 aromatic carbocycles. The molecule has 3 rings (SSSR count). The Morgan fingerprint density at radius 3 is 2.59 bits per heavy atom. The summed E-state index contributed by atoms with van der Waals surface area (Å²) in [6.07, 6.45) is 0.750. The Hall–Kier alpha value is -2.33. The Morgan fingerprint density at radius 2 is 1.91 bits per heavy atom. The SMILES string of the molecule is COC(=O)c1ccc(N2CCc3cccc(Cl)c3C2=O)cc1. The molecule has 4 nitrogen and oxygen atoms in total. The van der Waals surface area contributed by atoms with Gasteiger partial charge < -0.3 is 9.64 Å². The number of carbonyl (C=O) groups is 2. The number of amides is 1. The lowest BCUT2D eigenvalue weighted by Crippen LogP contribution is -2.37. The van der Waals surface area contributed by atoms with Crippen LogP contribution in [0.1, 0.15) is 26.3 Å². The Bertz CT molecular complexity index is 740. The maximum absolute atomic E-state index is 12.7. The van der Waals surface area contributed by atoms with Crippen molar-refractivity contribution in [3.8, 4) is 0 Å². The Balaban J connectivity index is 1.92.